The highest BCUT2D eigenvalue weighted by atomic mass is 15.1. The fraction of sp³-hybridized carbons (Fsp3) is 0.900. The topological polar surface area (TPSA) is 39.1 Å². The molecule has 1 aliphatic heterocycles. The third-order valence-corrected chi connectivity index (χ3v) is 3.29. The van der Waals surface area contributed by atoms with Gasteiger partial charge in [-0.1, -0.05) is 0 Å². The fourth-order valence-electron chi connectivity index (χ4n) is 1.94. The van der Waals surface area contributed by atoms with Crippen LogP contribution in [0.3, 0.4) is 0 Å². The molecule has 1 heterocycles. The van der Waals surface area contributed by atoms with Gasteiger partial charge in [0, 0.05) is 0 Å². The molecule has 3 heteroatoms. The van der Waals surface area contributed by atoms with Crippen molar-refractivity contribution in [1.29, 1.82) is 5.26 Å². The predicted molar refractivity (Wildman–Crippen MR) is 53.3 cm³/mol. The van der Waals surface area contributed by atoms with E-state index in [0.29, 0.717) is 5.92 Å². The first-order valence-electron chi connectivity index (χ1n) is 4.90. The zero-order valence-corrected chi connectivity index (χ0v) is 8.80. The zero-order chi connectivity index (χ0) is 9.90. The van der Waals surface area contributed by atoms with E-state index in [1.165, 1.54) is 0 Å². The lowest BCUT2D eigenvalue weighted by molar-refractivity contribution is 0.128. The molecule has 0 aromatic rings. The van der Waals surface area contributed by atoms with Crippen LogP contribution in [0.4, 0.5) is 0 Å². The van der Waals surface area contributed by atoms with Crippen LogP contribution in [0.1, 0.15) is 19.8 Å². The highest BCUT2D eigenvalue weighted by Gasteiger charge is 2.36. The third kappa shape index (κ3) is 2.01. The maximum atomic E-state index is 9.20. The third-order valence-electron chi connectivity index (χ3n) is 3.29. The maximum absolute atomic E-state index is 9.20. The maximum Gasteiger partial charge on any atom is 0.108 e. The second-order valence-corrected chi connectivity index (χ2v) is 4.18. The average molecular weight is 181 g/mol. The summed E-state index contributed by atoms with van der Waals surface area (Å²) in [4.78, 5) is 2.04. The normalized spacial score (nSPS) is 23.9. The minimum atomic E-state index is -0.290. The van der Waals surface area contributed by atoms with Gasteiger partial charge in [0.2, 0.25) is 0 Å². The van der Waals surface area contributed by atoms with E-state index in [4.69, 9.17) is 0 Å². The number of nitrogens with one attached hydrogen (secondary N) is 1. The smallest absolute Gasteiger partial charge is 0.108 e. The van der Waals surface area contributed by atoms with E-state index in [1.807, 2.05) is 25.9 Å². The molecule has 74 valence electrons. The summed E-state index contributed by atoms with van der Waals surface area (Å²) in [6.07, 6.45) is 2.23. The summed E-state index contributed by atoms with van der Waals surface area (Å²) in [5.74, 6) is 0.508. The van der Waals surface area contributed by atoms with Crippen LogP contribution in [0, 0.1) is 17.2 Å². The summed E-state index contributed by atoms with van der Waals surface area (Å²) in [5.41, 5.74) is -0.290. The van der Waals surface area contributed by atoms with Crippen molar-refractivity contribution in [3.05, 3.63) is 0 Å². The van der Waals surface area contributed by atoms with Gasteiger partial charge in [-0.05, 0) is 52.9 Å². The number of rotatable bonds is 2. The van der Waals surface area contributed by atoms with Crippen LogP contribution >= 0.6 is 0 Å². The lowest BCUT2D eigenvalue weighted by Gasteiger charge is -2.39. The Balaban J connectivity index is 2.70. The molecule has 0 aromatic carbocycles. The van der Waals surface area contributed by atoms with Crippen molar-refractivity contribution in [3.63, 3.8) is 0 Å². The van der Waals surface area contributed by atoms with E-state index in [2.05, 4.69) is 11.4 Å². The van der Waals surface area contributed by atoms with Crippen LogP contribution in [0.25, 0.3) is 0 Å². The Bertz CT molecular complexity index is 201. The van der Waals surface area contributed by atoms with E-state index < -0.39 is 0 Å². The van der Waals surface area contributed by atoms with Crippen molar-refractivity contribution in [2.75, 3.05) is 27.2 Å². The van der Waals surface area contributed by atoms with Gasteiger partial charge in [0.25, 0.3) is 0 Å². The second kappa shape index (κ2) is 4.08. The molecular formula is C10H19N3. The van der Waals surface area contributed by atoms with Gasteiger partial charge in [0.1, 0.15) is 5.54 Å². The first kappa shape index (κ1) is 10.5. The SMILES string of the molecule is CN(C)C(C)(C#N)C1CCNCC1. The minimum Gasteiger partial charge on any atom is -0.317 e. The molecule has 0 amide bonds. The molecule has 1 saturated heterocycles. The molecule has 1 fully saturated rings. The molecule has 1 aliphatic rings. The van der Waals surface area contributed by atoms with Gasteiger partial charge >= 0.3 is 0 Å². The van der Waals surface area contributed by atoms with Gasteiger partial charge in [-0.3, -0.25) is 4.90 Å². The van der Waals surface area contributed by atoms with Crippen LogP contribution in [0.5, 0.6) is 0 Å². The van der Waals surface area contributed by atoms with Gasteiger partial charge in [0.15, 0.2) is 0 Å². The van der Waals surface area contributed by atoms with Gasteiger partial charge in [-0.2, -0.15) is 5.26 Å². The van der Waals surface area contributed by atoms with Crippen LogP contribution < -0.4 is 5.32 Å². The number of nitrogens with zero attached hydrogens (tertiary/aromatic N) is 2. The summed E-state index contributed by atoms with van der Waals surface area (Å²) in [7, 11) is 3.98. The summed E-state index contributed by atoms with van der Waals surface area (Å²) in [6, 6.07) is 2.45. The molecular weight excluding hydrogens is 162 g/mol. The molecule has 1 N–H and O–H groups in total. The predicted octanol–water partition coefficient (Wildman–Crippen LogP) is 0.830. The lowest BCUT2D eigenvalue weighted by Crippen LogP contribution is -2.50. The highest BCUT2D eigenvalue weighted by Crippen LogP contribution is 2.28. The lowest BCUT2D eigenvalue weighted by atomic mass is 9.79. The van der Waals surface area contributed by atoms with E-state index in [0.717, 1.165) is 25.9 Å². The Morgan fingerprint density at radius 1 is 1.38 bits per heavy atom. The van der Waals surface area contributed by atoms with Crippen molar-refractivity contribution >= 4 is 0 Å². The first-order valence-corrected chi connectivity index (χ1v) is 4.90. The standard InChI is InChI=1S/C10H19N3/c1-10(8-11,13(2)3)9-4-6-12-7-5-9/h9,12H,4-7H2,1-3H3. The molecule has 0 radical (unpaired) electrons. The zero-order valence-electron chi connectivity index (χ0n) is 8.80. The molecule has 0 aromatic heterocycles. The Morgan fingerprint density at radius 2 is 1.92 bits per heavy atom. The Morgan fingerprint density at radius 3 is 2.31 bits per heavy atom. The molecule has 0 saturated carbocycles. The van der Waals surface area contributed by atoms with Crippen molar-refractivity contribution in [1.82, 2.24) is 10.2 Å². The van der Waals surface area contributed by atoms with Gasteiger partial charge in [0.05, 0.1) is 6.07 Å². The quantitative estimate of drug-likeness (QED) is 0.686. The monoisotopic (exact) mass is 181 g/mol. The number of hydrogen-bond donors (Lipinski definition) is 1. The highest BCUT2D eigenvalue weighted by molar-refractivity contribution is 5.08. The van der Waals surface area contributed by atoms with Gasteiger partial charge < -0.3 is 5.32 Å². The second-order valence-electron chi connectivity index (χ2n) is 4.18. The molecule has 0 spiro atoms. The van der Waals surface area contributed by atoms with E-state index in [9.17, 15) is 5.26 Å². The Labute approximate surface area is 80.7 Å². The fourth-order valence-corrected chi connectivity index (χ4v) is 1.94. The molecule has 1 unspecified atom stereocenters. The average Bonchev–Trinajstić information content (AvgIpc) is 2.17. The summed E-state index contributed by atoms with van der Waals surface area (Å²) in [5, 5.41) is 12.5. The van der Waals surface area contributed by atoms with Gasteiger partial charge in [-0.15, -0.1) is 0 Å². The molecule has 13 heavy (non-hydrogen) atoms. The largest absolute Gasteiger partial charge is 0.317 e. The molecule has 0 aliphatic carbocycles. The minimum absolute atomic E-state index is 0.290. The molecule has 0 bridgehead atoms. The van der Waals surface area contributed by atoms with Crippen molar-refractivity contribution in [2.45, 2.75) is 25.3 Å². The van der Waals surface area contributed by atoms with Crippen LogP contribution in [0.15, 0.2) is 0 Å². The number of nitriles is 1. The first-order chi connectivity index (χ1) is 6.11. The van der Waals surface area contributed by atoms with Crippen molar-refractivity contribution < 1.29 is 0 Å². The summed E-state index contributed by atoms with van der Waals surface area (Å²) >= 11 is 0. The Kier molecular flexibility index (Phi) is 3.29. The van der Waals surface area contributed by atoms with Crippen molar-refractivity contribution in [2.24, 2.45) is 5.92 Å². The number of hydrogen-bond acceptors (Lipinski definition) is 3. The summed E-state index contributed by atoms with van der Waals surface area (Å²) in [6.45, 7) is 4.15. The van der Waals surface area contributed by atoms with Gasteiger partial charge in [-0.25, -0.2) is 0 Å². The van der Waals surface area contributed by atoms with Crippen molar-refractivity contribution in [3.8, 4) is 6.07 Å². The molecule has 1 rings (SSSR count). The molecule has 3 nitrogen and oxygen atoms in total. The molecule has 1 atom stereocenters. The van der Waals surface area contributed by atoms with Crippen LogP contribution in [0.2, 0.25) is 0 Å². The van der Waals surface area contributed by atoms with E-state index in [1.54, 1.807) is 0 Å². The van der Waals surface area contributed by atoms with E-state index in [-0.39, 0.29) is 5.54 Å². The number of piperidine rings is 1. The van der Waals surface area contributed by atoms with Crippen LogP contribution in [-0.4, -0.2) is 37.6 Å². The van der Waals surface area contributed by atoms with Crippen LogP contribution in [-0.2, 0) is 0 Å². The van der Waals surface area contributed by atoms with E-state index >= 15 is 0 Å². The Hall–Kier alpha value is -0.590. The summed E-state index contributed by atoms with van der Waals surface area (Å²) < 4.78 is 0.